The van der Waals surface area contributed by atoms with Crippen LogP contribution in [0.15, 0.2) is 23.1 Å². The standard InChI is InChI=1S/C13H18F3NS/c1-3-4-7-18-11-6-5-10(9-17-2)12(8-11)13(14,15)16/h5-6,8,17H,3-4,7,9H2,1-2H3. The molecule has 0 heterocycles. The highest BCUT2D eigenvalue weighted by Gasteiger charge is 2.33. The van der Waals surface area contributed by atoms with Crippen LogP contribution in [-0.2, 0) is 12.7 Å². The topological polar surface area (TPSA) is 12.0 Å². The van der Waals surface area contributed by atoms with E-state index in [0.717, 1.165) is 18.6 Å². The smallest absolute Gasteiger partial charge is 0.316 e. The molecule has 5 heteroatoms. The van der Waals surface area contributed by atoms with Crippen LogP contribution in [0.4, 0.5) is 13.2 Å². The van der Waals surface area contributed by atoms with E-state index in [0.29, 0.717) is 10.5 Å². The van der Waals surface area contributed by atoms with Crippen LogP contribution in [0.2, 0.25) is 0 Å². The first-order chi connectivity index (χ1) is 8.49. The second-order valence-electron chi connectivity index (χ2n) is 4.05. The van der Waals surface area contributed by atoms with Crippen molar-refractivity contribution in [1.29, 1.82) is 0 Å². The Kier molecular flexibility index (Phi) is 6.02. The zero-order valence-electron chi connectivity index (χ0n) is 10.6. The Morgan fingerprint density at radius 2 is 2.00 bits per heavy atom. The van der Waals surface area contributed by atoms with Crippen molar-refractivity contribution in [3.05, 3.63) is 29.3 Å². The Balaban J connectivity index is 2.91. The van der Waals surface area contributed by atoms with E-state index in [4.69, 9.17) is 0 Å². The van der Waals surface area contributed by atoms with E-state index >= 15 is 0 Å². The van der Waals surface area contributed by atoms with Gasteiger partial charge in [-0.3, -0.25) is 0 Å². The van der Waals surface area contributed by atoms with E-state index in [1.54, 1.807) is 19.2 Å². The average molecular weight is 277 g/mol. The van der Waals surface area contributed by atoms with Gasteiger partial charge in [0.1, 0.15) is 0 Å². The van der Waals surface area contributed by atoms with Gasteiger partial charge in [0.15, 0.2) is 0 Å². The maximum absolute atomic E-state index is 12.9. The van der Waals surface area contributed by atoms with Crippen LogP contribution >= 0.6 is 11.8 Å². The van der Waals surface area contributed by atoms with Crippen molar-refractivity contribution in [2.24, 2.45) is 0 Å². The molecule has 0 fully saturated rings. The van der Waals surface area contributed by atoms with Gasteiger partial charge in [-0.15, -0.1) is 11.8 Å². The number of hydrogen-bond donors (Lipinski definition) is 1. The summed E-state index contributed by atoms with van der Waals surface area (Å²) in [4.78, 5) is 0.690. The van der Waals surface area contributed by atoms with Gasteiger partial charge in [-0.05, 0) is 36.9 Å². The van der Waals surface area contributed by atoms with E-state index in [-0.39, 0.29) is 6.54 Å². The molecule has 0 aliphatic rings. The molecule has 0 aliphatic carbocycles. The third-order valence-electron chi connectivity index (χ3n) is 2.52. The van der Waals surface area contributed by atoms with Gasteiger partial charge in [-0.25, -0.2) is 0 Å². The molecule has 0 aliphatic heterocycles. The normalized spacial score (nSPS) is 11.8. The maximum Gasteiger partial charge on any atom is 0.416 e. The summed E-state index contributed by atoms with van der Waals surface area (Å²) in [5.74, 6) is 0.860. The summed E-state index contributed by atoms with van der Waals surface area (Å²) in [5, 5.41) is 2.76. The molecule has 0 atom stereocenters. The molecule has 0 bridgehead atoms. The number of alkyl halides is 3. The number of thioether (sulfide) groups is 1. The van der Waals surface area contributed by atoms with Crippen molar-refractivity contribution in [3.8, 4) is 0 Å². The number of rotatable bonds is 6. The number of benzene rings is 1. The molecule has 1 rings (SSSR count). The molecule has 1 N–H and O–H groups in total. The number of halogens is 3. The number of hydrogen-bond acceptors (Lipinski definition) is 2. The largest absolute Gasteiger partial charge is 0.416 e. The Morgan fingerprint density at radius 3 is 2.56 bits per heavy atom. The molecule has 0 saturated heterocycles. The lowest BCUT2D eigenvalue weighted by Gasteiger charge is -2.14. The third-order valence-corrected chi connectivity index (χ3v) is 3.60. The van der Waals surface area contributed by atoms with E-state index < -0.39 is 11.7 Å². The van der Waals surface area contributed by atoms with Crippen molar-refractivity contribution in [2.75, 3.05) is 12.8 Å². The molecule has 1 aromatic carbocycles. The second-order valence-corrected chi connectivity index (χ2v) is 5.22. The van der Waals surface area contributed by atoms with Gasteiger partial charge in [0.25, 0.3) is 0 Å². The Morgan fingerprint density at radius 1 is 1.28 bits per heavy atom. The predicted molar refractivity (Wildman–Crippen MR) is 69.8 cm³/mol. The van der Waals surface area contributed by atoms with Gasteiger partial charge in [-0.1, -0.05) is 19.4 Å². The molecule has 18 heavy (non-hydrogen) atoms. The van der Waals surface area contributed by atoms with Crippen molar-refractivity contribution < 1.29 is 13.2 Å². The summed E-state index contributed by atoms with van der Waals surface area (Å²) in [6.45, 7) is 2.30. The summed E-state index contributed by atoms with van der Waals surface area (Å²) in [7, 11) is 1.64. The highest BCUT2D eigenvalue weighted by molar-refractivity contribution is 7.99. The number of nitrogens with one attached hydrogen (secondary N) is 1. The van der Waals surface area contributed by atoms with Crippen LogP contribution in [0.5, 0.6) is 0 Å². The lowest BCUT2D eigenvalue weighted by molar-refractivity contribution is -0.138. The highest BCUT2D eigenvalue weighted by Crippen LogP contribution is 2.35. The summed E-state index contributed by atoms with van der Waals surface area (Å²) < 4.78 is 38.7. The van der Waals surface area contributed by atoms with Gasteiger partial charge >= 0.3 is 6.18 Å². The molecular formula is C13H18F3NS. The minimum Gasteiger partial charge on any atom is -0.316 e. The fraction of sp³-hybridized carbons (Fsp3) is 0.538. The van der Waals surface area contributed by atoms with Crippen LogP contribution < -0.4 is 5.32 Å². The van der Waals surface area contributed by atoms with Crippen LogP contribution in [0.25, 0.3) is 0 Å². The van der Waals surface area contributed by atoms with Crippen molar-refractivity contribution >= 4 is 11.8 Å². The van der Waals surface area contributed by atoms with E-state index in [1.807, 2.05) is 0 Å². The summed E-state index contributed by atoms with van der Waals surface area (Å²) in [6.07, 6.45) is -2.21. The third kappa shape index (κ3) is 4.53. The van der Waals surface area contributed by atoms with Gasteiger partial charge in [0, 0.05) is 11.4 Å². The lowest BCUT2D eigenvalue weighted by atomic mass is 10.1. The number of unbranched alkanes of at least 4 members (excludes halogenated alkanes) is 1. The van der Waals surface area contributed by atoms with Crippen molar-refractivity contribution in [3.63, 3.8) is 0 Å². The van der Waals surface area contributed by atoms with Crippen molar-refractivity contribution in [2.45, 2.75) is 37.4 Å². The minimum atomic E-state index is -4.28. The molecule has 0 amide bonds. The fourth-order valence-electron chi connectivity index (χ4n) is 1.59. The Bertz CT molecular complexity index is 377. The first kappa shape index (κ1) is 15.4. The summed E-state index contributed by atoms with van der Waals surface area (Å²) in [5.41, 5.74) is -0.233. The zero-order valence-corrected chi connectivity index (χ0v) is 11.4. The average Bonchev–Trinajstić information content (AvgIpc) is 2.30. The zero-order chi connectivity index (χ0) is 13.6. The second kappa shape index (κ2) is 7.04. The predicted octanol–water partition coefficient (Wildman–Crippen LogP) is 4.32. The van der Waals surface area contributed by atoms with E-state index in [2.05, 4.69) is 12.2 Å². The van der Waals surface area contributed by atoms with Crippen LogP contribution in [-0.4, -0.2) is 12.8 Å². The molecule has 0 unspecified atom stereocenters. The molecule has 1 aromatic rings. The molecule has 1 nitrogen and oxygen atoms in total. The molecular weight excluding hydrogens is 259 g/mol. The minimum absolute atomic E-state index is 0.231. The molecule has 102 valence electrons. The Hall–Kier alpha value is -0.680. The van der Waals surface area contributed by atoms with Crippen LogP contribution in [0, 0.1) is 0 Å². The van der Waals surface area contributed by atoms with E-state index in [1.165, 1.54) is 17.8 Å². The van der Waals surface area contributed by atoms with Crippen molar-refractivity contribution in [1.82, 2.24) is 5.32 Å². The van der Waals surface area contributed by atoms with Gasteiger partial charge in [0.2, 0.25) is 0 Å². The SMILES string of the molecule is CCCCSc1ccc(CNC)c(C(F)(F)F)c1. The van der Waals surface area contributed by atoms with Gasteiger partial charge in [0.05, 0.1) is 5.56 Å². The molecule has 0 spiro atoms. The Labute approximate surface area is 110 Å². The van der Waals surface area contributed by atoms with Crippen LogP contribution in [0.3, 0.4) is 0 Å². The fourth-order valence-corrected chi connectivity index (χ4v) is 2.62. The maximum atomic E-state index is 12.9. The first-order valence-corrected chi connectivity index (χ1v) is 6.95. The summed E-state index contributed by atoms with van der Waals surface area (Å²) >= 11 is 1.48. The van der Waals surface area contributed by atoms with Gasteiger partial charge in [-0.2, -0.15) is 13.2 Å². The lowest BCUT2D eigenvalue weighted by Crippen LogP contribution is -2.14. The molecule has 0 aromatic heterocycles. The highest BCUT2D eigenvalue weighted by atomic mass is 32.2. The summed E-state index contributed by atoms with van der Waals surface area (Å²) in [6, 6.07) is 4.59. The molecule has 0 radical (unpaired) electrons. The first-order valence-electron chi connectivity index (χ1n) is 5.96. The van der Waals surface area contributed by atoms with E-state index in [9.17, 15) is 13.2 Å². The molecule has 0 saturated carbocycles. The monoisotopic (exact) mass is 277 g/mol. The quantitative estimate of drug-likeness (QED) is 0.614. The van der Waals surface area contributed by atoms with Crippen LogP contribution in [0.1, 0.15) is 30.9 Å². The van der Waals surface area contributed by atoms with Gasteiger partial charge < -0.3 is 5.32 Å².